The fourth-order valence-electron chi connectivity index (χ4n) is 4.45. The number of benzene rings is 1. The largest absolute Gasteiger partial charge is 0.508 e. The lowest BCUT2D eigenvalue weighted by Gasteiger charge is -2.45. The van der Waals surface area contributed by atoms with Crippen LogP contribution >= 0.6 is 0 Å². The average Bonchev–Trinajstić information content (AvgIpc) is 2.78. The Bertz CT molecular complexity index is 488. The highest BCUT2D eigenvalue weighted by atomic mass is 16.3. The van der Waals surface area contributed by atoms with E-state index in [1.807, 2.05) is 12.1 Å². The van der Waals surface area contributed by atoms with Gasteiger partial charge in [0.05, 0.1) is 5.60 Å². The van der Waals surface area contributed by atoms with E-state index in [9.17, 15) is 10.2 Å². The summed E-state index contributed by atoms with van der Waals surface area (Å²) in [5.74, 6) is 1.77. The molecule has 4 atom stereocenters. The third-order valence-electron chi connectivity index (χ3n) is 5.27. The second kappa shape index (κ2) is 5.05. The van der Waals surface area contributed by atoms with Gasteiger partial charge in [0.1, 0.15) is 5.75 Å². The van der Waals surface area contributed by atoms with Gasteiger partial charge < -0.3 is 15.1 Å². The van der Waals surface area contributed by atoms with Crippen molar-refractivity contribution in [3.05, 3.63) is 29.8 Å². The van der Waals surface area contributed by atoms with Crippen LogP contribution in [0.4, 0.5) is 0 Å². The Morgan fingerprint density at radius 2 is 2.10 bits per heavy atom. The molecule has 2 N–H and O–H groups in total. The van der Waals surface area contributed by atoms with E-state index in [2.05, 4.69) is 19.0 Å². The Morgan fingerprint density at radius 1 is 1.30 bits per heavy atom. The Labute approximate surface area is 121 Å². The van der Waals surface area contributed by atoms with Crippen LogP contribution in [-0.4, -0.2) is 35.8 Å². The van der Waals surface area contributed by atoms with Gasteiger partial charge in [0.25, 0.3) is 0 Å². The van der Waals surface area contributed by atoms with Crippen LogP contribution in [0.5, 0.6) is 5.75 Å². The fourth-order valence-corrected chi connectivity index (χ4v) is 4.45. The number of aromatic hydroxyl groups is 1. The summed E-state index contributed by atoms with van der Waals surface area (Å²) in [6.07, 6.45) is 4.59. The van der Waals surface area contributed by atoms with Crippen molar-refractivity contribution < 1.29 is 10.2 Å². The molecule has 1 aromatic rings. The molecule has 2 aliphatic rings. The van der Waals surface area contributed by atoms with Crippen molar-refractivity contribution in [3.8, 4) is 5.75 Å². The van der Waals surface area contributed by atoms with Crippen LogP contribution in [0, 0.1) is 17.8 Å². The van der Waals surface area contributed by atoms with Gasteiger partial charge in [-0.1, -0.05) is 18.6 Å². The van der Waals surface area contributed by atoms with Crippen LogP contribution in [0.1, 0.15) is 31.2 Å². The van der Waals surface area contributed by atoms with Gasteiger partial charge in [-0.15, -0.1) is 0 Å². The third kappa shape index (κ3) is 2.33. The molecule has 0 radical (unpaired) electrons. The number of aliphatic hydroxyl groups is 1. The maximum atomic E-state index is 11.4. The Kier molecular flexibility index (Phi) is 3.51. The molecule has 3 heteroatoms. The van der Waals surface area contributed by atoms with E-state index >= 15 is 0 Å². The minimum atomic E-state index is -0.785. The van der Waals surface area contributed by atoms with Crippen molar-refractivity contribution in [2.75, 3.05) is 20.6 Å². The van der Waals surface area contributed by atoms with Crippen molar-refractivity contribution >= 4 is 0 Å². The number of nitrogens with zero attached hydrogens (tertiary/aromatic N) is 1. The molecule has 2 bridgehead atoms. The quantitative estimate of drug-likeness (QED) is 0.891. The van der Waals surface area contributed by atoms with E-state index in [1.54, 1.807) is 12.1 Å². The zero-order chi connectivity index (χ0) is 14.3. The van der Waals surface area contributed by atoms with Crippen molar-refractivity contribution in [3.63, 3.8) is 0 Å². The lowest BCUT2D eigenvalue weighted by atomic mass is 9.66. The molecule has 2 fully saturated rings. The number of hydrogen-bond donors (Lipinski definition) is 2. The molecule has 2 saturated carbocycles. The molecular weight excluding hydrogens is 250 g/mol. The molecule has 0 amide bonds. The van der Waals surface area contributed by atoms with Crippen LogP contribution in [-0.2, 0) is 5.60 Å². The summed E-state index contributed by atoms with van der Waals surface area (Å²) in [5, 5.41) is 21.2. The van der Waals surface area contributed by atoms with Crippen LogP contribution in [0.15, 0.2) is 24.3 Å². The monoisotopic (exact) mass is 275 g/mol. The Hall–Kier alpha value is -1.06. The molecule has 0 heterocycles. The third-order valence-corrected chi connectivity index (χ3v) is 5.27. The normalized spacial score (nSPS) is 36.5. The molecule has 110 valence electrons. The lowest BCUT2D eigenvalue weighted by Crippen LogP contribution is -2.47. The summed E-state index contributed by atoms with van der Waals surface area (Å²) in [7, 11) is 4.15. The van der Waals surface area contributed by atoms with E-state index in [0.717, 1.165) is 18.5 Å². The standard InChI is InChI=1S/C17H25NO2/c1-18(2)11-16-13-7-6-12(8-13)10-17(16,20)14-4-3-5-15(19)9-14/h3-5,9,12-13,16,19-20H,6-8,10-11H2,1-2H3/t12-,13+,16?,17?/m1/s1. The maximum absolute atomic E-state index is 11.4. The first-order chi connectivity index (χ1) is 9.49. The zero-order valence-electron chi connectivity index (χ0n) is 12.4. The number of phenolic OH excluding ortho intramolecular Hbond substituents is 1. The highest BCUT2D eigenvalue weighted by Gasteiger charge is 2.51. The Morgan fingerprint density at radius 3 is 2.80 bits per heavy atom. The van der Waals surface area contributed by atoms with E-state index < -0.39 is 5.60 Å². The summed E-state index contributed by atoms with van der Waals surface area (Å²) in [4.78, 5) is 2.18. The molecule has 0 aromatic heterocycles. The number of hydrogen-bond acceptors (Lipinski definition) is 3. The molecule has 0 aliphatic heterocycles. The van der Waals surface area contributed by atoms with Crippen LogP contribution in [0.25, 0.3) is 0 Å². The lowest BCUT2D eigenvalue weighted by molar-refractivity contribution is -0.0892. The van der Waals surface area contributed by atoms with E-state index in [4.69, 9.17) is 0 Å². The van der Waals surface area contributed by atoms with Gasteiger partial charge in [0.15, 0.2) is 0 Å². The van der Waals surface area contributed by atoms with Crippen molar-refractivity contribution in [2.45, 2.75) is 31.3 Å². The van der Waals surface area contributed by atoms with Gasteiger partial charge >= 0.3 is 0 Å². The summed E-state index contributed by atoms with van der Waals surface area (Å²) in [6.45, 7) is 0.906. The van der Waals surface area contributed by atoms with E-state index in [1.165, 1.54) is 19.3 Å². The molecule has 0 saturated heterocycles. The first-order valence-corrected chi connectivity index (χ1v) is 7.65. The summed E-state index contributed by atoms with van der Waals surface area (Å²) < 4.78 is 0. The second-order valence-corrected chi connectivity index (χ2v) is 6.99. The molecular formula is C17H25NO2. The zero-order valence-corrected chi connectivity index (χ0v) is 12.4. The minimum absolute atomic E-state index is 0.248. The topological polar surface area (TPSA) is 43.7 Å². The summed E-state index contributed by atoms with van der Waals surface area (Å²) >= 11 is 0. The molecule has 2 unspecified atom stereocenters. The second-order valence-electron chi connectivity index (χ2n) is 6.99. The maximum Gasteiger partial charge on any atom is 0.115 e. The minimum Gasteiger partial charge on any atom is -0.508 e. The molecule has 20 heavy (non-hydrogen) atoms. The van der Waals surface area contributed by atoms with Gasteiger partial charge in [0, 0.05) is 12.5 Å². The predicted octanol–water partition coefficient (Wildman–Crippen LogP) is 2.58. The van der Waals surface area contributed by atoms with Crippen molar-refractivity contribution in [2.24, 2.45) is 17.8 Å². The van der Waals surface area contributed by atoms with Crippen LogP contribution in [0.2, 0.25) is 0 Å². The molecule has 3 rings (SSSR count). The van der Waals surface area contributed by atoms with Crippen LogP contribution in [0.3, 0.4) is 0 Å². The number of fused-ring (bicyclic) bond motifs is 2. The molecule has 0 spiro atoms. The van der Waals surface area contributed by atoms with Gasteiger partial charge in [0.2, 0.25) is 0 Å². The molecule has 2 aliphatic carbocycles. The number of rotatable bonds is 3. The van der Waals surface area contributed by atoms with Gasteiger partial charge in [-0.3, -0.25) is 0 Å². The molecule has 1 aromatic carbocycles. The van der Waals surface area contributed by atoms with Gasteiger partial charge in [-0.05, 0) is 62.9 Å². The Balaban J connectivity index is 1.98. The molecule has 3 nitrogen and oxygen atoms in total. The number of phenols is 1. The van der Waals surface area contributed by atoms with Gasteiger partial charge in [-0.25, -0.2) is 0 Å². The predicted molar refractivity (Wildman–Crippen MR) is 79.5 cm³/mol. The summed E-state index contributed by atoms with van der Waals surface area (Å²) in [6, 6.07) is 7.22. The van der Waals surface area contributed by atoms with Crippen molar-refractivity contribution in [1.29, 1.82) is 0 Å². The average molecular weight is 275 g/mol. The van der Waals surface area contributed by atoms with Crippen LogP contribution < -0.4 is 0 Å². The summed E-state index contributed by atoms with van der Waals surface area (Å²) in [5.41, 5.74) is 0.105. The highest BCUT2D eigenvalue weighted by molar-refractivity contribution is 5.33. The van der Waals surface area contributed by atoms with Crippen molar-refractivity contribution in [1.82, 2.24) is 4.90 Å². The first-order valence-electron chi connectivity index (χ1n) is 7.65. The SMILES string of the molecule is CN(C)CC1[C@H]2CC[C@H](C2)CC1(O)c1cccc(O)c1. The van der Waals surface area contributed by atoms with E-state index in [0.29, 0.717) is 11.8 Å². The smallest absolute Gasteiger partial charge is 0.115 e. The van der Waals surface area contributed by atoms with E-state index in [-0.39, 0.29) is 11.7 Å². The highest BCUT2D eigenvalue weighted by Crippen LogP contribution is 2.54. The fraction of sp³-hybridized carbons (Fsp3) is 0.647. The first kappa shape index (κ1) is 13.9. The van der Waals surface area contributed by atoms with Gasteiger partial charge in [-0.2, -0.15) is 0 Å².